The van der Waals surface area contributed by atoms with Crippen LogP contribution in [0.3, 0.4) is 0 Å². The molecule has 0 aromatic heterocycles. The van der Waals surface area contributed by atoms with E-state index in [2.05, 4.69) is 13.8 Å². The summed E-state index contributed by atoms with van der Waals surface area (Å²) in [5.74, 6) is 0.0732. The highest BCUT2D eigenvalue weighted by atomic mass is 19.1. The Bertz CT molecular complexity index is 924. The maximum atomic E-state index is 14.2. The van der Waals surface area contributed by atoms with Crippen molar-refractivity contribution in [1.29, 1.82) is 0 Å². The molecule has 0 bridgehead atoms. The maximum absolute atomic E-state index is 14.2. The van der Waals surface area contributed by atoms with Gasteiger partial charge in [0.25, 0.3) is 0 Å². The lowest BCUT2D eigenvalue weighted by molar-refractivity contribution is 0.0980. The normalized spacial score (nSPS) is 10.8. The average Bonchev–Trinajstić information content (AvgIpc) is 2.74. The topological polar surface area (TPSA) is 17.1 Å². The number of hydrogen-bond acceptors (Lipinski definition) is 1. The van der Waals surface area contributed by atoms with E-state index < -0.39 is 0 Å². The van der Waals surface area contributed by atoms with Crippen LogP contribution in [-0.2, 0) is 6.42 Å². The molecule has 1 nitrogen and oxygen atoms in total. The summed E-state index contributed by atoms with van der Waals surface area (Å²) in [7, 11) is 0. The van der Waals surface area contributed by atoms with Gasteiger partial charge in [-0.05, 0) is 46.7 Å². The van der Waals surface area contributed by atoms with E-state index in [1.807, 2.05) is 60.7 Å². The first-order valence-corrected chi connectivity index (χ1v) is 10.1. The van der Waals surface area contributed by atoms with Gasteiger partial charge in [0, 0.05) is 12.0 Å². The summed E-state index contributed by atoms with van der Waals surface area (Å²) >= 11 is 0. The van der Waals surface area contributed by atoms with Crippen molar-refractivity contribution in [3.05, 3.63) is 83.7 Å². The molecule has 0 atom stereocenters. The largest absolute Gasteiger partial charge is 0.294 e. The summed E-state index contributed by atoms with van der Waals surface area (Å²) in [5, 5.41) is 0. The number of hydrogen-bond donors (Lipinski definition) is 0. The Morgan fingerprint density at radius 1 is 0.750 bits per heavy atom. The molecule has 144 valence electrons. The van der Waals surface area contributed by atoms with E-state index >= 15 is 0 Å². The van der Waals surface area contributed by atoms with Crippen molar-refractivity contribution in [2.75, 3.05) is 0 Å². The molecule has 0 saturated heterocycles. The number of rotatable bonds is 8. The molecule has 0 spiro atoms. The second kappa shape index (κ2) is 9.45. The molecule has 3 aromatic rings. The number of ketones is 1. The van der Waals surface area contributed by atoms with Crippen LogP contribution in [0.4, 0.5) is 4.39 Å². The van der Waals surface area contributed by atoms with Crippen molar-refractivity contribution in [2.24, 2.45) is 0 Å². The molecule has 0 N–H and O–H groups in total. The third-order valence-corrected chi connectivity index (χ3v) is 5.09. The third-order valence-electron chi connectivity index (χ3n) is 5.09. The van der Waals surface area contributed by atoms with E-state index in [1.165, 1.54) is 0 Å². The van der Waals surface area contributed by atoms with Crippen molar-refractivity contribution in [1.82, 2.24) is 0 Å². The highest BCUT2D eigenvalue weighted by Gasteiger charge is 2.07. The minimum absolute atomic E-state index is 0.133. The van der Waals surface area contributed by atoms with Crippen LogP contribution in [0.1, 0.15) is 55.5 Å². The molecule has 2 heteroatoms. The van der Waals surface area contributed by atoms with Gasteiger partial charge in [0.2, 0.25) is 0 Å². The lowest BCUT2D eigenvalue weighted by Crippen LogP contribution is -1.98. The molecule has 0 aliphatic carbocycles. The molecule has 3 rings (SSSR count). The fraction of sp³-hybridized carbons (Fsp3) is 0.269. The van der Waals surface area contributed by atoms with Crippen LogP contribution in [0.25, 0.3) is 22.3 Å². The Hall–Kier alpha value is -2.74. The first-order chi connectivity index (χ1) is 13.6. The van der Waals surface area contributed by atoms with Crippen molar-refractivity contribution in [2.45, 2.75) is 46.0 Å². The number of unbranched alkanes of at least 4 members (excludes halogenated alkanes) is 1. The predicted octanol–water partition coefficient (Wildman–Crippen LogP) is 7.49. The van der Waals surface area contributed by atoms with Gasteiger partial charge in [0.05, 0.1) is 0 Å². The molecule has 0 saturated carbocycles. The van der Waals surface area contributed by atoms with Crippen molar-refractivity contribution >= 4 is 5.78 Å². The van der Waals surface area contributed by atoms with Gasteiger partial charge in [-0.1, -0.05) is 87.4 Å². The Morgan fingerprint density at radius 3 is 1.82 bits per heavy atom. The summed E-state index contributed by atoms with van der Waals surface area (Å²) in [6.45, 7) is 4.15. The van der Waals surface area contributed by atoms with Gasteiger partial charge in [0.15, 0.2) is 5.78 Å². The van der Waals surface area contributed by atoms with Crippen LogP contribution in [-0.4, -0.2) is 5.78 Å². The first-order valence-electron chi connectivity index (χ1n) is 10.1. The Labute approximate surface area is 167 Å². The Morgan fingerprint density at radius 2 is 1.29 bits per heavy atom. The molecule has 0 heterocycles. The van der Waals surface area contributed by atoms with Crippen LogP contribution in [0.5, 0.6) is 0 Å². The number of Topliss-reactive ketones (excluding diaryl/α,β-unsaturated/α-hetero) is 1. The van der Waals surface area contributed by atoms with E-state index in [1.54, 1.807) is 6.07 Å². The smallest absolute Gasteiger partial charge is 0.162 e. The van der Waals surface area contributed by atoms with E-state index in [9.17, 15) is 9.18 Å². The Kier molecular flexibility index (Phi) is 6.76. The fourth-order valence-corrected chi connectivity index (χ4v) is 3.38. The monoisotopic (exact) mass is 374 g/mol. The molecule has 28 heavy (non-hydrogen) atoms. The summed E-state index contributed by atoms with van der Waals surface area (Å²) in [5.41, 5.74) is 5.59. The van der Waals surface area contributed by atoms with Gasteiger partial charge in [-0.3, -0.25) is 4.79 Å². The molecule has 3 aromatic carbocycles. The quantitative estimate of drug-likeness (QED) is 0.373. The summed E-state index contributed by atoms with van der Waals surface area (Å²) in [6.07, 6.45) is 4.28. The summed E-state index contributed by atoms with van der Waals surface area (Å²) in [4.78, 5) is 12.1. The standard InChI is InChI=1S/C26H27FO/c1-3-5-7-26(28)23-15-12-20(13-16-23)19-8-10-21(11-9-19)24-17-14-22(6-4-2)25(27)18-24/h8-18H,3-7H2,1-2H3. The minimum atomic E-state index is -0.133. The van der Waals surface area contributed by atoms with Crippen molar-refractivity contribution in [3.8, 4) is 22.3 Å². The molecule has 0 fully saturated rings. The molecular weight excluding hydrogens is 347 g/mol. The molecule has 0 aliphatic rings. The summed E-state index contributed by atoms with van der Waals surface area (Å²) < 4.78 is 14.2. The maximum Gasteiger partial charge on any atom is 0.162 e. The van der Waals surface area contributed by atoms with Gasteiger partial charge >= 0.3 is 0 Å². The van der Waals surface area contributed by atoms with Gasteiger partial charge < -0.3 is 0 Å². The fourth-order valence-electron chi connectivity index (χ4n) is 3.38. The van der Waals surface area contributed by atoms with Crippen LogP contribution in [0.15, 0.2) is 66.7 Å². The number of benzene rings is 3. The third kappa shape index (κ3) is 4.75. The molecule has 0 amide bonds. The minimum Gasteiger partial charge on any atom is -0.294 e. The van der Waals surface area contributed by atoms with E-state index in [0.29, 0.717) is 6.42 Å². The lowest BCUT2D eigenvalue weighted by atomic mass is 9.97. The zero-order chi connectivity index (χ0) is 19.9. The number of aryl methyl sites for hydroxylation is 1. The second-order valence-corrected chi connectivity index (χ2v) is 7.24. The predicted molar refractivity (Wildman–Crippen MR) is 115 cm³/mol. The van der Waals surface area contributed by atoms with Crippen molar-refractivity contribution < 1.29 is 9.18 Å². The van der Waals surface area contributed by atoms with E-state index in [0.717, 1.165) is 59.1 Å². The number of carbonyl (C=O) groups excluding carboxylic acids is 1. The van der Waals surface area contributed by atoms with Crippen LogP contribution < -0.4 is 0 Å². The van der Waals surface area contributed by atoms with Gasteiger partial charge in [0.1, 0.15) is 5.82 Å². The second-order valence-electron chi connectivity index (χ2n) is 7.24. The zero-order valence-corrected chi connectivity index (χ0v) is 16.7. The van der Waals surface area contributed by atoms with E-state index in [-0.39, 0.29) is 11.6 Å². The van der Waals surface area contributed by atoms with Gasteiger partial charge in [-0.2, -0.15) is 0 Å². The zero-order valence-electron chi connectivity index (χ0n) is 16.7. The highest BCUT2D eigenvalue weighted by Crippen LogP contribution is 2.27. The molecule has 0 aliphatic heterocycles. The van der Waals surface area contributed by atoms with Gasteiger partial charge in [-0.25, -0.2) is 4.39 Å². The van der Waals surface area contributed by atoms with Gasteiger partial charge in [-0.15, -0.1) is 0 Å². The number of halogens is 1. The van der Waals surface area contributed by atoms with Crippen LogP contribution >= 0.6 is 0 Å². The van der Waals surface area contributed by atoms with Crippen LogP contribution in [0, 0.1) is 5.82 Å². The summed E-state index contributed by atoms with van der Waals surface area (Å²) in [6, 6.07) is 21.4. The van der Waals surface area contributed by atoms with Crippen LogP contribution in [0.2, 0.25) is 0 Å². The highest BCUT2D eigenvalue weighted by molar-refractivity contribution is 5.96. The van der Waals surface area contributed by atoms with E-state index in [4.69, 9.17) is 0 Å². The first kappa shape index (κ1) is 20.0. The van der Waals surface area contributed by atoms with Crippen molar-refractivity contribution in [3.63, 3.8) is 0 Å². The molecular formula is C26H27FO. The SMILES string of the molecule is CCCCC(=O)c1ccc(-c2ccc(-c3ccc(CCC)c(F)c3)cc2)cc1. The number of carbonyl (C=O) groups is 1. The Balaban J connectivity index is 1.75. The molecule has 0 unspecified atom stereocenters. The lowest BCUT2D eigenvalue weighted by Gasteiger charge is -2.08. The average molecular weight is 374 g/mol. The molecule has 0 radical (unpaired) electrons.